The second-order valence-corrected chi connectivity index (χ2v) is 12.9. The lowest BCUT2D eigenvalue weighted by Gasteiger charge is -2.29. The molecule has 1 saturated carbocycles. The number of carbonyl (C=O) groups excluding carboxylic acids is 3. The van der Waals surface area contributed by atoms with Crippen LogP contribution in [-0.2, 0) is 34.2 Å². The molecule has 4 N–H and O–H groups in total. The Morgan fingerprint density at radius 1 is 1.25 bits per heavy atom. The molecule has 1 aliphatic carbocycles. The van der Waals surface area contributed by atoms with Crippen LogP contribution in [0.25, 0.3) is 5.52 Å². The van der Waals surface area contributed by atoms with Gasteiger partial charge in [-0.15, -0.1) is 0 Å². The monoisotopic (exact) mass is 612 g/mol. The van der Waals surface area contributed by atoms with Gasteiger partial charge in [0.2, 0.25) is 11.5 Å². The molecule has 1 amide bonds. The number of nitrogens with one attached hydrogen (secondary N) is 1. The number of rotatable bonds is 11. The largest absolute Gasteiger partial charge is 0.463 e. The number of nitrogens with zero attached hydrogens (tertiary/aromatic N) is 4. The first-order valence-electron chi connectivity index (χ1n) is 15.4. The van der Waals surface area contributed by atoms with Crippen molar-refractivity contribution in [1.29, 1.82) is 5.26 Å². The van der Waals surface area contributed by atoms with E-state index < -0.39 is 47.3 Å². The summed E-state index contributed by atoms with van der Waals surface area (Å²) >= 11 is 0. The molecule has 0 unspecified atom stereocenters. The fraction of sp³-hybridized carbons (Fsp3) is 0.677. The van der Waals surface area contributed by atoms with Crippen LogP contribution >= 0.6 is 0 Å². The van der Waals surface area contributed by atoms with Gasteiger partial charge in [-0.05, 0) is 49.1 Å². The Bertz CT molecular complexity index is 1390. The van der Waals surface area contributed by atoms with Crippen molar-refractivity contribution >= 4 is 29.2 Å². The number of aliphatic hydroxyl groups is 1. The quantitative estimate of drug-likeness (QED) is 0.316. The predicted octanol–water partition coefficient (Wildman–Crippen LogP) is 2.99. The van der Waals surface area contributed by atoms with Crippen LogP contribution in [0.5, 0.6) is 0 Å². The summed E-state index contributed by atoms with van der Waals surface area (Å²) in [5.74, 6) is -1.17. The molecule has 2 aromatic rings. The number of hydrogen-bond donors (Lipinski definition) is 3. The Morgan fingerprint density at radius 3 is 2.55 bits per heavy atom. The molecule has 0 radical (unpaired) electrons. The number of fused-ring (bicyclic) bond motifs is 1. The van der Waals surface area contributed by atoms with Crippen LogP contribution in [0.3, 0.4) is 0 Å². The molecule has 0 spiro atoms. The molecule has 2 aromatic heterocycles. The summed E-state index contributed by atoms with van der Waals surface area (Å²) in [5, 5.41) is 29.3. The van der Waals surface area contributed by atoms with Crippen LogP contribution in [0, 0.1) is 28.6 Å². The first-order chi connectivity index (χ1) is 20.9. The van der Waals surface area contributed by atoms with Crippen molar-refractivity contribution < 1.29 is 33.7 Å². The summed E-state index contributed by atoms with van der Waals surface area (Å²) in [6.45, 7) is 8.81. The van der Waals surface area contributed by atoms with E-state index in [4.69, 9.17) is 19.9 Å². The molecule has 0 aromatic carbocycles. The fourth-order valence-electron chi connectivity index (χ4n) is 5.88. The number of ether oxygens (including phenoxy) is 3. The highest BCUT2D eigenvalue weighted by atomic mass is 16.6. The first-order valence-corrected chi connectivity index (χ1v) is 15.4. The van der Waals surface area contributed by atoms with Gasteiger partial charge in [-0.1, -0.05) is 47.5 Å². The topological polar surface area (TPSA) is 191 Å². The third-order valence-electron chi connectivity index (χ3n) is 8.81. The van der Waals surface area contributed by atoms with Gasteiger partial charge in [0.05, 0.1) is 5.69 Å². The Labute approximate surface area is 257 Å². The molecule has 13 nitrogen and oxygen atoms in total. The van der Waals surface area contributed by atoms with Gasteiger partial charge in [0, 0.05) is 12.3 Å². The summed E-state index contributed by atoms with van der Waals surface area (Å²) in [6, 6.07) is 4.13. The van der Waals surface area contributed by atoms with Crippen LogP contribution in [0.1, 0.15) is 85.3 Å². The highest BCUT2D eigenvalue weighted by Gasteiger charge is 2.60. The summed E-state index contributed by atoms with van der Waals surface area (Å²) in [4.78, 5) is 42.8. The minimum absolute atomic E-state index is 0.115. The number of amides is 1. The number of carbonyl (C=O) groups is 3. The maximum absolute atomic E-state index is 13.1. The lowest BCUT2D eigenvalue weighted by molar-refractivity contribution is -0.163. The van der Waals surface area contributed by atoms with E-state index in [2.05, 4.69) is 21.5 Å². The fourth-order valence-corrected chi connectivity index (χ4v) is 5.88. The molecule has 1 saturated heterocycles. The maximum atomic E-state index is 13.1. The van der Waals surface area contributed by atoms with E-state index in [1.54, 1.807) is 26.8 Å². The molecular formula is C31H44N6O7. The van der Waals surface area contributed by atoms with Gasteiger partial charge in [-0.3, -0.25) is 14.4 Å². The number of hydrogen-bond acceptors (Lipinski definition) is 11. The summed E-state index contributed by atoms with van der Waals surface area (Å²) < 4.78 is 18.8. The smallest absolute Gasteiger partial charge is 0.323 e. The zero-order valence-electron chi connectivity index (χ0n) is 26.1. The van der Waals surface area contributed by atoms with Crippen molar-refractivity contribution in [2.45, 2.75) is 110 Å². The Balaban J connectivity index is 1.65. The van der Waals surface area contributed by atoms with Crippen molar-refractivity contribution in [2.24, 2.45) is 23.0 Å². The molecule has 2 fully saturated rings. The third-order valence-corrected chi connectivity index (χ3v) is 8.81. The van der Waals surface area contributed by atoms with Crippen molar-refractivity contribution in [3.63, 3.8) is 0 Å². The van der Waals surface area contributed by atoms with Crippen LogP contribution in [0.4, 0.5) is 5.82 Å². The molecule has 13 heteroatoms. The Morgan fingerprint density at radius 2 is 1.93 bits per heavy atom. The lowest BCUT2D eigenvalue weighted by atomic mass is 9.87. The van der Waals surface area contributed by atoms with Gasteiger partial charge >= 0.3 is 11.9 Å². The number of nitriles is 1. The van der Waals surface area contributed by atoms with Crippen LogP contribution < -0.4 is 11.1 Å². The third kappa shape index (κ3) is 6.72. The number of aromatic nitrogens is 3. The predicted molar refractivity (Wildman–Crippen MR) is 159 cm³/mol. The van der Waals surface area contributed by atoms with Gasteiger partial charge in [0.15, 0.2) is 11.9 Å². The van der Waals surface area contributed by atoms with Crippen LogP contribution in [0.15, 0.2) is 18.5 Å². The minimum Gasteiger partial charge on any atom is -0.463 e. The summed E-state index contributed by atoms with van der Waals surface area (Å²) in [5.41, 5.74) is 3.88. The molecule has 4 rings (SSSR count). The van der Waals surface area contributed by atoms with E-state index in [1.807, 2.05) is 13.8 Å². The van der Waals surface area contributed by atoms with E-state index in [9.17, 15) is 24.8 Å². The van der Waals surface area contributed by atoms with E-state index in [0.29, 0.717) is 18.4 Å². The highest BCUT2D eigenvalue weighted by Crippen LogP contribution is 2.42. The minimum atomic E-state index is -2.09. The maximum Gasteiger partial charge on any atom is 0.323 e. The number of nitrogens with two attached hydrogens (primary N) is 1. The second kappa shape index (κ2) is 13.6. The molecule has 3 heterocycles. The van der Waals surface area contributed by atoms with Crippen molar-refractivity contribution in [3.8, 4) is 6.07 Å². The molecule has 1 aliphatic heterocycles. The number of esters is 2. The van der Waals surface area contributed by atoms with E-state index in [1.165, 1.54) is 16.9 Å². The zero-order chi connectivity index (χ0) is 32.2. The Kier molecular flexibility index (Phi) is 10.3. The highest BCUT2D eigenvalue weighted by molar-refractivity contribution is 5.95. The van der Waals surface area contributed by atoms with E-state index in [0.717, 1.165) is 25.7 Å². The van der Waals surface area contributed by atoms with Gasteiger partial charge in [0.25, 0.3) is 0 Å². The van der Waals surface area contributed by atoms with Crippen molar-refractivity contribution in [3.05, 3.63) is 24.2 Å². The average molecular weight is 613 g/mol. The number of anilines is 1. The molecule has 5 atom stereocenters. The van der Waals surface area contributed by atoms with Gasteiger partial charge < -0.3 is 30.4 Å². The summed E-state index contributed by atoms with van der Waals surface area (Å²) in [6.07, 6.45) is 2.55. The van der Waals surface area contributed by atoms with E-state index >= 15 is 0 Å². The van der Waals surface area contributed by atoms with Gasteiger partial charge in [-0.2, -0.15) is 10.4 Å². The summed E-state index contributed by atoms with van der Waals surface area (Å²) in [7, 11) is 0. The molecule has 44 heavy (non-hydrogen) atoms. The van der Waals surface area contributed by atoms with Crippen molar-refractivity contribution in [1.82, 2.24) is 14.6 Å². The molecular weight excluding hydrogens is 568 g/mol. The lowest BCUT2D eigenvalue weighted by Crippen LogP contribution is -2.49. The molecule has 240 valence electrons. The molecule has 0 bridgehead atoms. The van der Waals surface area contributed by atoms with E-state index in [-0.39, 0.29) is 42.3 Å². The standard InChI is InChI=1S/C31H44N6O7/c1-6-19(7-2)28(40)36-27-20-12-13-22(37(20)35-17-34-27)31(16-32)26(39)24(43-29(41)25(33)30(3,4)5)21(44-31)15-42-23(38)14-18-10-8-9-11-18/h12-13,17-19,21,24-26,39H,6-11,14-15,33H2,1-5H3,(H,34,35,36,40)/t21-,24-,25-,26-,31+/m1/s1. The molecule has 2 aliphatic rings. The van der Waals surface area contributed by atoms with Gasteiger partial charge in [-0.25, -0.2) is 9.50 Å². The Hall–Kier alpha value is -3.60. The van der Waals surface area contributed by atoms with Crippen molar-refractivity contribution in [2.75, 3.05) is 11.9 Å². The second-order valence-electron chi connectivity index (χ2n) is 12.9. The number of aliphatic hydroxyl groups excluding tert-OH is 1. The van der Waals surface area contributed by atoms with Crippen LogP contribution in [-0.4, -0.2) is 68.5 Å². The normalized spacial score (nSPS) is 24.8. The van der Waals surface area contributed by atoms with Gasteiger partial charge in [0.1, 0.15) is 42.8 Å². The average Bonchev–Trinajstić information content (AvgIpc) is 3.72. The van der Waals surface area contributed by atoms with Crippen LogP contribution in [0.2, 0.25) is 0 Å². The first kappa shape index (κ1) is 33.3. The SMILES string of the molecule is CCC(CC)C(=O)Nc1ncnn2c([C@]3(C#N)O[C@H](COC(=O)CC4CCCC4)[C@@H](OC(=O)[C@@H](N)C(C)(C)C)[C@H]3O)ccc12. The zero-order valence-corrected chi connectivity index (χ0v) is 26.1.